The van der Waals surface area contributed by atoms with Crippen LogP contribution >= 0.6 is 0 Å². The summed E-state index contributed by atoms with van der Waals surface area (Å²) in [5.74, 6) is 1.61. The molecule has 21 heavy (non-hydrogen) atoms. The third-order valence-corrected chi connectivity index (χ3v) is 4.42. The average molecular weight is 286 g/mol. The number of nitrogens with one attached hydrogen (secondary N) is 1. The van der Waals surface area contributed by atoms with Gasteiger partial charge in [0.05, 0.1) is 12.1 Å². The summed E-state index contributed by atoms with van der Waals surface area (Å²) in [5.41, 5.74) is 2.79. The molecule has 110 valence electrons. The number of Topliss-reactive ketones (excluding diaryl/α,β-unsaturated/α-hetero) is 1. The Morgan fingerprint density at radius 2 is 1.90 bits per heavy atom. The highest BCUT2D eigenvalue weighted by Gasteiger charge is 2.25. The molecule has 1 aromatic heterocycles. The fourth-order valence-electron chi connectivity index (χ4n) is 2.85. The number of aromatic amines is 1. The summed E-state index contributed by atoms with van der Waals surface area (Å²) in [5, 5.41) is 0. The molecule has 2 unspecified atom stereocenters. The number of hydrogen-bond acceptors (Lipinski definition) is 2. The first-order valence-electron chi connectivity index (χ1n) is 7.38. The molecule has 1 heterocycles. The van der Waals surface area contributed by atoms with Gasteiger partial charge in [0.25, 0.3) is 0 Å². The largest absolute Gasteiger partial charge is 0.345 e. The Hall–Kier alpha value is -1.97. The van der Waals surface area contributed by atoms with E-state index in [4.69, 9.17) is 0 Å². The summed E-state index contributed by atoms with van der Waals surface area (Å²) in [4.78, 5) is 20.0. The molecule has 0 radical (unpaired) electrons. The lowest BCUT2D eigenvalue weighted by Gasteiger charge is -2.24. The van der Waals surface area contributed by atoms with Gasteiger partial charge in [-0.1, -0.05) is 13.8 Å². The van der Waals surface area contributed by atoms with Gasteiger partial charge in [0.1, 0.15) is 11.6 Å². The van der Waals surface area contributed by atoms with E-state index in [1.165, 1.54) is 30.0 Å². The van der Waals surface area contributed by atoms with E-state index >= 15 is 0 Å². The minimum Gasteiger partial charge on any atom is -0.345 e. The number of imidazole rings is 1. The Morgan fingerprint density at radius 3 is 2.62 bits per heavy atom. The van der Waals surface area contributed by atoms with Crippen LogP contribution in [0.3, 0.4) is 0 Å². The molecule has 1 aliphatic carbocycles. The molecule has 4 heteroatoms. The van der Waals surface area contributed by atoms with Crippen molar-refractivity contribution in [1.29, 1.82) is 0 Å². The van der Waals surface area contributed by atoms with Crippen LogP contribution in [0.2, 0.25) is 0 Å². The molecule has 3 nitrogen and oxygen atoms in total. The number of fused-ring (bicyclic) bond motifs is 1. The van der Waals surface area contributed by atoms with Crippen molar-refractivity contribution in [2.75, 3.05) is 0 Å². The van der Waals surface area contributed by atoms with Crippen LogP contribution < -0.4 is 0 Å². The zero-order chi connectivity index (χ0) is 15.0. The van der Waals surface area contributed by atoms with Gasteiger partial charge in [0.2, 0.25) is 0 Å². The van der Waals surface area contributed by atoms with Crippen LogP contribution in [-0.4, -0.2) is 15.8 Å². The molecule has 1 N–H and O–H groups in total. The smallest absolute Gasteiger partial charge is 0.170 e. The van der Waals surface area contributed by atoms with Crippen molar-refractivity contribution in [2.45, 2.75) is 33.1 Å². The number of benzene rings is 1. The van der Waals surface area contributed by atoms with Crippen LogP contribution in [0.4, 0.5) is 4.39 Å². The monoisotopic (exact) mass is 286 g/mol. The van der Waals surface area contributed by atoms with Crippen LogP contribution in [0.1, 0.15) is 41.4 Å². The van der Waals surface area contributed by atoms with Gasteiger partial charge in [-0.15, -0.1) is 0 Å². The molecule has 2 aromatic rings. The number of aromatic nitrogens is 2. The van der Waals surface area contributed by atoms with Gasteiger partial charge in [-0.05, 0) is 48.9 Å². The lowest BCUT2D eigenvalue weighted by molar-refractivity contribution is 0.0991. The third-order valence-electron chi connectivity index (χ3n) is 4.42. The highest BCUT2D eigenvalue weighted by atomic mass is 19.1. The predicted molar refractivity (Wildman–Crippen MR) is 78.8 cm³/mol. The summed E-state index contributed by atoms with van der Waals surface area (Å²) in [6, 6.07) is 5.66. The molecule has 0 bridgehead atoms. The first-order chi connectivity index (χ1) is 10.0. The van der Waals surface area contributed by atoms with Gasteiger partial charge in [-0.2, -0.15) is 0 Å². The summed E-state index contributed by atoms with van der Waals surface area (Å²) in [6.07, 6.45) is 2.20. The molecule has 1 aliphatic rings. The van der Waals surface area contributed by atoms with Crippen LogP contribution in [0.15, 0.2) is 24.3 Å². The molecule has 0 spiro atoms. The van der Waals surface area contributed by atoms with Crippen molar-refractivity contribution >= 4 is 5.78 Å². The van der Waals surface area contributed by atoms with Crippen molar-refractivity contribution < 1.29 is 9.18 Å². The van der Waals surface area contributed by atoms with Gasteiger partial charge in [0, 0.05) is 11.3 Å². The van der Waals surface area contributed by atoms with Crippen molar-refractivity contribution in [1.82, 2.24) is 9.97 Å². The van der Waals surface area contributed by atoms with Crippen LogP contribution in [0.5, 0.6) is 0 Å². The summed E-state index contributed by atoms with van der Waals surface area (Å²) < 4.78 is 12.9. The number of rotatable bonds is 3. The van der Waals surface area contributed by atoms with E-state index in [9.17, 15) is 9.18 Å². The molecule has 2 atom stereocenters. The molecular weight excluding hydrogens is 267 g/mol. The summed E-state index contributed by atoms with van der Waals surface area (Å²) >= 11 is 0. The number of carbonyl (C=O) groups excluding carboxylic acids is 1. The Morgan fingerprint density at radius 1 is 1.24 bits per heavy atom. The maximum Gasteiger partial charge on any atom is 0.170 e. The molecule has 0 amide bonds. The van der Waals surface area contributed by atoms with Crippen LogP contribution in [-0.2, 0) is 19.3 Å². The highest BCUT2D eigenvalue weighted by Crippen LogP contribution is 2.28. The lowest BCUT2D eigenvalue weighted by Crippen LogP contribution is -2.20. The second-order valence-corrected chi connectivity index (χ2v) is 6.08. The second kappa shape index (κ2) is 5.43. The topological polar surface area (TPSA) is 45.8 Å². The van der Waals surface area contributed by atoms with Crippen LogP contribution in [0, 0.1) is 17.7 Å². The van der Waals surface area contributed by atoms with E-state index in [0.29, 0.717) is 17.4 Å². The first-order valence-corrected chi connectivity index (χ1v) is 7.38. The number of ketones is 1. The Balaban J connectivity index is 1.75. The van der Waals surface area contributed by atoms with Gasteiger partial charge in [0.15, 0.2) is 5.78 Å². The van der Waals surface area contributed by atoms with Crippen molar-refractivity contribution in [2.24, 2.45) is 11.8 Å². The lowest BCUT2D eigenvalue weighted by atomic mass is 9.82. The average Bonchev–Trinajstić information content (AvgIpc) is 2.81. The van der Waals surface area contributed by atoms with Gasteiger partial charge in [-0.3, -0.25) is 4.79 Å². The van der Waals surface area contributed by atoms with E-state index in [2.05, 4.69) is 23.8 Å². The molecule has 1 aromatic carbocycles. The Bertz CT molecular complexity index is 632. The quantitative estimate of drug-likeness (QED) is 0.880. The van der Waals surface area contributed by atoms with E-state index in [-0.39, 0.29) is 18.0 Å². The zero-order valence-corrected chi connectivity index (χ0v) is 12.3. The van der Waals surface area contributed by atoms with Crippen molar-refractivity contribution in [3.63, 3.8) is 0 Å². The first kappa shape index (κ1) is 14.0. The predicted octanol–water partition coefficient (Wildman–Crippen LogP) is 3.35. The van der Waals surface area contributed by atoms with Gasteiger partial charge >= 0.3 is 0 Å². The van der Waals surface area contributed by atoms with E-state index in [1.54, 1.807) is 0 Å². The molecule has 0 saturated heterocycles. The maximum absolute atomic E-state index is 12.9. The molecular formula is C17H19FN2O. The standard InChI is InChI=1S/C17H19FN2O/c1-10-7-14-15(8-11(10)2)20-17(19-14)9-16(21)12-3-5-13(18)6-4-12/h3-6,10-11H,7-9H2,1-2H3,(H,19,20). The zero-order valence-electron chi connectivity index (χ0n) is 12.3. The fourth-order valence-corrected chi connectivity index (χ4v) is 2.85. The van der Waals surface area contributed by atoms with Crippen molar-refractivity contribution in [3.8, 4) is 0 Å². The number of halogens is 1. The molecule has 0 fully saturated rings. The van der Waals surface area contributed by atoms with Crippen molar-refractivity contribution in [3.05, 3.63) is 52.9 Å². The Kier molecular flexibility index (Phi) is 3.62. The minimum atomic E-state index is -0.331. The maximum atomic E-state index is 12.9. The van der Waals surface area contributed by atoms with Crippen LogP contribution in [0.25, 0.3) is 0 Å². The van der Waals surface area contributed by atoms with E-state index in [1.807, 2.05) is 0 Å². The molecule has 0 aliphatic heterocycles. The van der Waals surface area contributed by atoms with E-state index < -0.39 is 0 Å². The number of nitrogens with zero attached hydrogens (tertiary/aromatic N) is 1. The summed E-state index contributed by atoms with van der Waals surface area (Å²) in [6.45, 7) is 4.49. The second-order valence-electron chi connectivity index (χ2n) is 6.08. The number of hydrogen-bond donors (Lipinski definition) is 1. The SMILES string of the molecule is CC1Cc2nc(CC(=O)c3ccc(F)cc3)[nH]c2CC1C. The molecule has 0 saturated carbocycles. The normalized spacial score (nSPS) is 21.1. The number of carbonyl (C=O) groups is 1. The molecule has 3 rings (SSSR count). The highest BCUT2D eigenvalue weighted by molar-refractivity contribution is 5.97. The van der Waals surface area contributed by atoms with E-state index in [0.717, 1.165) is 24.4 Å². The minimum absolute atomic E-state index is 0.0396. The van der Waals surface area contributed by atoms with Gasteiger partial charge in [-0.25, -0.2) is 9.37 Å². The Labute approximate surface area is 123 Å². The third kappa shape index (κ3) is 2.89. The summed E-state index contributed by atoms with van der Waals surface area (Å²) in [7, 11) is 0. The van der Waals surface area contributed by atoms with Gasteiger partial charge < -0.3 is 4.98 Å². The fraction of sp³-hybridized carbons (Fsp3) is 0.412. The number of H-pyrrole nitrogens is 1.